The Hall–Kier alpha value is -2.53. The molecule has 0 aliphatic carbocycles. The SMILES string of the molecule is Cc1ccc(CN2CCCCC2c2nc(-c3cccnc3)no2)cc1. The molecule has 1 fully saturated rings. The lowest BCUT2D eigenvalue weighted by atomic mass is 10.0. The average molecular weight is 334 g/mol. The molecule has 4 rings (SSSR count). The zero-order valence-electron chi connectivity index (χ0n) is 14.4. The summed E-state index contributed by atoms with van der Waals surface area (Å²) < 4.78 is 5.62. The third-order valence-corrected chi connectivity index (χ3v) is 4.77. The minimum atomic E-state index is 0.188. The first-order valence-electron chi connectivity index (χ1n) is 8.83. The maximum Gasteiger partial charge on any atom is 0.244 e. The quantitative estimate of drug-likeness (QED) is 0.717. The van der Waals surface area contributed by atoms with E-state index < -0.39 is 0 Å². The van der Waals surface area contributed by atoms with Gasteiger partial charge in [0.2, 0.25) is 11.7 Å². The zero-order chi connectivity index (χ0) is 17.1. The lowest BCUT2D eigenvalue weighted by molar-refractivity contribution is 0.111. The highest BCUT2D eigenvalue weighted by atomic mass is 16.5. The maximum atomic E-state index is 5.62. The van der Waals surface area contributed by atoms with Gasteiger partial charge in [-0.25, -0.2) is 0 Å². The number of rotatable bonds is 4. The zero-order valence-corrected chi connectivity index (χ0v) is 14.4. The van der Waals surface area contributed by atoms with Gasteiger partial charge in [-0.3, -0.25) is 9.88 Å². The Morgan fingerprint density at radius 1 is 1.16 bits per heavy atom. The normalized spacial score (nSPS) is 18.4. The van der Waals surface area contributed by atoms with E-state index in [2.05, 4.69) is 51.2 Å². The fourth-order valence-corrected chi connectivity index (χ4v) is 3.37. The van der Waals surface area contributed by atoms with Gasteiger partial charge in [-0.1, -0.05) is 41.4 Å². The van der Waals surface area contributed by atoms with Crippen molar-refractivity contribution in [3.8, 4) is 11.4 Å². The van der Waals surface area contributed by atoms with Crippen LogP contribution in [-0.2, 0) is 6.54 Å². The second kappa shape index (κ2) is 7.15. The van der Waals surface area contributed by atoms with Crippen LogP contribution >= 0.6 is 0 Å². The summed E-state index contributed by atoms with van der Waals surface area (Å²) in [5.74, 6) is 1.33. The van der Waals surface area contributed by atoms with E-state index in [1.165, 1.54) is 24.0 Å². The second-order valence-corrected chi connectivity index (χ2v) is 6.67. The standard InChI is InChI=1S/C20H22N4O/c1-15-7-9-16(10-8-15)14-24-12-3-2-6-18(24)20-22-19(23-25-20)17-5-4-11-21-13-17/h4-5,7-11,13,18H,2-3,6,12,14H2,1H3. The topological polar surface area (TPSA) is 55.1 Å². The molecule has 1 aromatic carbocycles. The highest BCUT2D eigenvalue weighted by Gasteiger charge is 2.29. The van der Waals surface area contributed by atoms with Gasteiger partial charge in [0.15, 0.2) is 0 Å². The van der Waals surface area contributed by atoms with Gasteiger partial charge in [-0.2, -0.15) is 4.98 Å². The molecule has 5 nitrogen and oxygen atoms in total. The number of nitrogens with zero attached hydrogens (tertiary/aromatic N) is 4. The Labute approximate surface area is 147 Å². The molecule has 1 aliphatic heterocycles. The van der Waals surface area contributed by atoms with Gasteiger partial charge in [-0.05, 0) is 44.0 Å². The van der Waals surface area contributed by atoms with Crippen LogP contribution in [0.15, 0.2) is 53.3 Å². The van der Waals surface area contributed by atoms with Crippen molar-refractivity contribution < 1.29 is 4.52 Å². The molecule has 1 unspecified atom stereocenters. The Bertz CT molecular complexity index is 813. The van der Waals surface area contributed by atoms with Crippen molar-refractivity contribution in [2.75, 3.05) is 6.54 Å². The molecule has 2 aromatic heterocycles. The first kappa shape index (κ1) is 16.0. The maximum absolute atomic E-state index is 5.62. The summed E-state index contributed by atoms with van der Waals surface area (Å²) >= 11 is 0. The van der Waals surface area contributed by atoms with E-state index in [1.807, 2.05) is 12.1 Å². The molecule has 0 spiro atoms. The molecular formula is C20H22N4O. The number of likely N-dealkylation sites (tertiary alicyclic amines) is 1. The molecule has 1 saturated heterocycles. The molecule has 0 bridgehead atoms. The van der Waals surface area contributed by atoms with Gasteiger partial charge >= 0.3 is 0 Å². The van der Waals surface area contributed by atoms with Crippen molar-refractivity contribution in [3.63, 3.8) is 0 Å². The number of hydrogen-bond acceptors (Lipinski definition) is 5. The summed E-state index contributed by atoms with van der Waals surface area (Å²) in [6.45, 7) is 4.09. The lowest BCUT2D eigenvalue weighted by Crippen LogP contribution is -2.33. The van der Waals surface area contributed by atoms with Gasteiger partial charge in [0, 0.05) is 24.5 Å². The Balaban J connectivity index is 1.55. The Morgan fingerprint density at radius 2 is 2.04 bits per heavy atom. The molecule has 25 heavy (non-hydrogen) atoms. The molecule has 3 heterocycles. The second-order valence-electron chi connectivity index (χ2n) is 6.67. The van der Waals surface area contributed by atoms with Crippen LogP contribution in [-0.4, -0.2) is 26.6 Å². The van der Waals surface area contributed by atoms with E-state index >= 15 is 0 Å². The van der Waals surface area contributed by atoms with E-state index in [4.69, 9.17) is 4.52 Å². The summed E-state index contributed by atoms with van der Waals surface area (Å²) in [6.07, 6.45) is 6.97. The number of pyridine rings is 1. The third kappa shape index (κ3) is 3.61. The average Bonchev–Trinajstić information content (AvgIpc) is 3.15. The monoisotopic (exact) mass is 334 g/mol. The van der Waals surface area contributed by atoms with Crippen LogP contribution in [0.3, 0.4) is 0 Å². The van der Waals surface area contributed by atoms with Gasteiger partial charge in [0.1, 0.15) is 0 Å². The van der Waals surface area contributed by atoms with Crippen molar-refractivity contribution in [2.24, 2.45) is 0 Å². The summed E-state index contributed by atoms with van der Waals surface area (Å²) in [7, 11) is 0. The van der Waals surface area contributed by atoms with Crippen molar-refractivity contribution in [2.45, 2.75) is 38.8 Å². The Kier molecular flexibility index (Phi) is 4.57. The summed E-state index contributed by atoms with van der Waals surface area (Å²) in [5.41, 5.74) is 3.50. The number of hydrogen-bond donors (Lipinski definition) is 0. The van der Waals surface area contributed by atoms with Crippen LogP contribution in [0.1, 0.15) is 42.3 Å². The number of piperidine rings is 1. The predicted octanol–water partition coefficient (Wildman–Crippen LogP) is 4.17. The van der Waals surface area contributed by atoms with Gasteiger partial charge in [-0.15, -0.1) is 0 Å². The summed E-state index contributed by atoms with van der Waals surface area (Å²) in [5, 5.41) is 4.16. The van der Waals surface area contributed by atoms with E-state index in [0.717, 1.165) is 25.1 Å². The Morgan fingerprint density at radius 3 is 2.84 bits per heavy atom. The largest absolute Gasteiger partial charge is 0.337 e. The first-order valence-corrected chi connectivity index (χ1v) is 8.83. The molecule has 0 N–H and O–H groups in total. The van der Waals surface area contributed by atoms with Crippen molar-refractivity contribution >= 4 is 0 Å². The summed E-state index contributed by atoms with van der Waals surface area (Å²) in [6, 6.07) is 12.8. The molecule has 5 heteroatoms. The smallest absolute Gasteiger partial charge is 0.244 e. The highest BCUT2D eigenvalue weighted by molar-refractivity contribution is 5.51. The molecule has 1 atom stereocenters. The lowest BCUT2D eigenvalue weighted by Gasteiger charge is -2.33. The van der Waals surface area contributed by atoms with E-state index in [-0.39, 0.29) is 6.04 Å². The fraction of sp³-hybridized carbons (Fsp3) is 0.350. The van der Waals surface area contributed by atoms with Crippen LogP contribution in [0.2, 0.25) is 0 Å². The minimum absolute atomic E-state index is 0.188. The molecule has 0 saturated carbocycles. The van der Waals surface area contributed by atoms with E-state index in [0.29, 0.717) is 11.7 Å². The van der Waals surface area contributed by atoms with Crippen LogP contribution in [0, 0.1) is 6.92 Å². The van der Waals surface area contributed by atoms with Crippen molar-refractivity contribution in [1.82, 2.24) is 20.0 Å². The molecule has 3 aromatic rings. The van der Waals surface area contributed by atoms with Crippen molar-refractivity contribution in [1.29, 1.82) is 0 Å². The van der Waals surface area contributed by atoms with Crippen LogP contribution < -0.4 is 0 Å². The number of benzene rings is 1. The minimum Gasteiger partial charge on any atom is -0.337 e. The third-order valence-electron chi connectivity index (χ3n) is 4.77. The molecular weight excluding hydrogens is 312 g/mol. The van der Waals surface area contributed by atoms with Crippen LogP contribution in [0.25, 0.3) is 11.4 Å². The van der Waals surface area contributed by atoms with Crippen LogP contribution in [0.5, 0.6) is 0 Å². The fourth-order valence-electron chi connectivity index (χ4n) is 3.37. The van der Waals surface area contributed by atoms with E-state index in [9.17, 15) is 0 Å². The van der Waals surface area contributed by atoms with Gasteiger partial charge in [0.05, 0.1) is 6.04 Å². The molecule has 0 radical (unpaired) electrons. The van der Waals surface area contributed by atoms with Crippen molar-refractivity contribution in [3.05, 3.63) is 65.8 Å². The molecule has 128 valence electrons. The number of aromatic nitrogens is 3. The van der Waals surface area contributed by atoms with Gasteiger partial charge in [0.25, 0.3) is 0 Å². The first-order chi connectivity index (χ1) is 12.3. The summed E-state index contributed by atoms with van der Waals surface area (Å²) in [4.78, 5) is 11.2. The molecule has 0 amide bonds. The molecule has 1 aliphatic rings. The number of aryl methyl sites for hydroxylation is 1. The van der Waals surface area contributed by atoms with E-state index in [1.54, 1.807) is 12.4 Å². The van der Waals surface area contributed by atoms with Gasteiger partial charge < -0.3 is 4.52 Å². The predicted molar refractivity (Wildman–Crippen MR) is 95.7 cm³/mol. The highest BCUT2D eigenvalue weighted by Crippen LogP contribution is 2.32. The van der Waals surface area contributed by atoms with Crippen LogP contribution in [0.4, 0.5) is 0 Å².